The van der Waals surface area contributed by atoms with E-state index in [4.69, 9.17) is 9.72 Å². The number of aromatic nitrogens is 4. The van der Waals surface area contributed by atoms with E-state index >= 15 is 0 Å². The van der Waals surface area contributed by atoms with Gasteiger partial charge in [0.2, 0.25) is 5.91 Å². The van der Waals surface area contributed by atoms with Crippen molar-refractivity contribution in [3.8, 4) is 11.4 Å². The first-order valence-corrected chi connectivity index (χ1v) is 9.74. The molecular weight excluding hydrogens is 356 g/mol. The Balaban J connectivity index is 1.72. The smallest absolute Gasteiger partial charge is 0.226 e. The molecule has 8 heteroatoms. The van der Waals surface area contributed by atoms with Crippen LogP contribution < -0.4 is 9.80 Å². The van der Waals surface area contributed by atoms with Crippen LogP contribution in [0.2, 0.25) is 0 Å². The van der Waals surface area contributed by atoms with Crippen molar-refractivity contribution in [2.45, 2.75) is 19.3 Å². The number of nitrogens with zero attached hydrogens (tertiary/aromatic N) is 5. The standard InChI is InChI=1S/C20H22N6O2/c27-18-3-1-2-8-26(18)16-13-17(25-9-11-28-12-10-25)23-19-14(16)4-6-21-20(19)15-5-7-22-24-15/h4-7,13H,1-3,8-12H2,(H,22,24). The van der Waals surface area contributed by atoms with Crippen molar-refractivity contribution in [1.82, 2.24) is 20.2 Å². The minimum Gasteiger partial charge on any atom is -0.378 e. The second-order valence-electron chi connectivity index (χ2n) is 7.13. The van der Waals surface area contributed by atoms with Crippen LogP contribution in [-0.2, 0) is 9.53 Å². The molecule has 2 fully saturated rings. The summed E-state index contributed by atoms with van der Waals surface area (Å²) in [4.78, 5) is 26.3. The number of pyridine rings is 2. The molecule has 2 aliphatic heterocycles. The molecule has 0 aliphatic carbocycles. The van der Waals surface area contributed by atoms with Crippen molar-refractivity contribution in [3.05, 3.63) is 30.6 Å². The molecule has 1 amide bonds. The average molecular weight is 378 g/mol. The van der Waals surface area contributed by atoms with Crippen molar-refractivity contribution in [3.63, 3.8) is 0 Å². The third kappa shape index (κ3) is 2.99. The summed E-state index contributed by atoms with van der Waals surface area (Å²) in [5.74, 6) is 1.03. The Morgan fingerprint density at radius 2 is 1.96 bits per heavy atom. The van der Waals surface area contributed by atoms with Gasteiger partial charge in [-0.15, -0.1) is 0 Å². The van der Waals surface area contributed by atoms with Crippen molar-refractivity contribution >= 4 is 28.3 Å². The molecule has 1 N–H and O–H groups in total. The maximum Gasteiger partial charge on any atom is 0.226 e. The van der Waals surface area contributed by atoms with Crippen LogP contribution in [0, 0.1) is 0 Å². The Morgan fingerprint density at radius 3 is 2.75 bits per heavy atom. The molecule has 0 aromatic carbocycles. The zero-order valence-electron chi connectivity index (χ0n) is 15.6. The highest BCUT2D eigenvalue weighted by atomic mass is 16.5. The summed E-state index contributed by atoms with van der Waals surface area (Å²) in [7, 11) is 0. The van der Waals surface area contributed by atoms with E-state index in [2.05, 4.69) is 20.1 Å². The Kier molecular flexibility index (Phi) is 4.40. The molecule has 144 valence electrons. The lowest BCUT2D eigenvalue weighted by atomic mass is 10.1. The van der Waals surface area contributed by atoms with Crippen LogP contribution in [0.5, 0.6) is 0 Å². The van der Waals surface area contributed by atoms with E-state index in [-0.39, 0.29) is 5.91 Å². The number of nitrogens with one attached hydrogen (secondary N) is 1. The van der Waals surface area contributed by atoms with Crippen molar-refractivity contribution in [1.29, 1.82) is 0 Å². The summed E-state index contributed by atoms with van der Waals surface area (Å²) in [5, 5.41) is 7.98. The average Bonchev–Trinajstić information content (AvgIpc) is 3.28. The molecule has 2 saturated heterocycles. The fourth-order valence-electron chi connectivity index (χ4n) is 3.94. The van der Waals surface area contributed by atoms with Gasteiger partial charge in [0.15, 0.2) is 0 Å². The Bertz CT molecular complexity index is 997. The number of ether oxygens (including phenoxy) is 1. The number of amides is 1. The summed E-state index contributed by atoms with van der Waals surface area (Å²) < 4.78 is 5.50. The molecule has 8 nitrogen and oxygen atoms in total. The van der Waals surface area contributed by atoms with Gasteiger partial charge in [0, 0.05) is 49.9 Å². The first-order valence-electron chi connectivity index (χ1n) is 9.74. The Morgan fingerprint density at radius 1 is 1.07 bits per heavy atom. The molecule has 2 aliphatic rings. The van der Waals surface area contributed by atoms with Crippen LogP contribution in [0.3, 0.4) is 0 Å². The number of H-pyrrole nitrogens is 1. The second-order valence-corrected chi connectivity index (χ2v) is 7.13. The summed E-state index contributed by atoms with van der Waals surface area (Å²) in [6, 6.07) is 5.88. The number of morpholine rings is 1. The number of carbonyl (C=O) groups excluding carboxylic acids is 1. The topological polar surface area (TPSA) is 87.2 Å². The van der Waals surface area contributed by atoms with Gasteiger partial charge in [-0.3, -0.25) is 14.9 Å². The van der Waals surface area contributed by atoms with Crippen molar-refractivity contribution in [2.75, 3.05) is 42.6 Å². The molecule has 0 atom stereocenters. The van der Waals surface area contributed by atoms with E-state index in [0.717, 1.165) is 66.3 Å². The molecule has 5 rings (SSSR count). The number of hydrogen-bond donors (Lipinski definition) is 1. The van der Waals surface area contributed by atoms with Gasteiger partial charge >= 0.3 is 0 Å². The maximum absolute atomic E-state index is 12.7. The summed E-state index contributed by atoms with van der Waals surface area (Å²) in [6.07, 6.45) is 6.04. The molecule has 0 saturated carbocycles. The van der Waals surface area contributed by atoms with Crippen LogP contribution in [0.1, 0.15) is 19.3 Å². The molecule has 3 aromatic rings. The molecular formula is C20H22N6O2. The van der Waals surface area contributed by atoms with Gasteiger partial charge in [0.05, 0.1) is 24.6 Å². The van der Waals surface area contributed by atoms with E-state index in [9.17, 15) is 4.79 Å². The van der Waals surface area contributed by atoms with Crippen LogP contribution in [0.25, 0.3) is 22.3 Å². The fraction of sp³-hybridized carbons (Fsp3) is 0.400. The zero-order valence-corrected chi connectivity index (χ0v) is 15.6. The summed E-state index contributed by atoms with van der Waals surface area (Å²) >= 11 is 0. The van der Waals surface area contributed by atoms with E-state index in [0.29, 0.717) is 19.6 Å². The van der Waals surface area contributed by atoms with E-state index in [1.54, 1.807) is 12.4 Å². The monoisotopic (exact) mass is 378 g/mol. The highest BCUT2D eigenvalue weighted by Gasteiger charge is 2.25. The Labute approximate surface area is 162 Å². The molecule has 0 bridgehead atoms. The summed E-state index contributed by atoms with van der Waals surface area (Å²) in [5.41, 5.74) is 3.26. The second kappa shape index (κ2) is 7.20. The lowest BCUT2D eigenvalue weighted by molar-refractivity contribution is -0.119. The molecule has 3 aromatic heterocycles. The van der Waals surface area contributed by atoms with Crippen LogP contribution in [-0.4, -0.2) is 58.9 Å². The zero-order chi connectivity index (χ0) is 18.9. The molecule has 0 unspecified atom stereocenters. The number of hydrogen-bond acceptors (Lipinski definition) is 6. The molecule has 0 radical (unpaired) electrons. The first kappa shape index (κ1) is 17.1. The highest BCUT2D eigenvalue weighted by molar-refractivity contribution is 6.06. The maximum atomic E-state index is 12.7. The van der Waals surface area contributed by atoms with Gasteiger partial charge in [-0.1, -0.05) is 0 Å². The fourth-order valence-corrected chi connectivity index (χ4v) is 3.94. The number of rotatable bonds is 3. The SMILES string of the molecule is O=C1CCCCN1c1cc(N2CCOCC2)nc2c(-c3ccn[nH]3)nccc12. The van der Waals surface area contributed by atoms with Crippen molar-refractivity contribution in [2.24, 2.45) is 0 Å². The Hall–Kier alpha value is -3.00. The number of anilines is 2. The number of carbonyl (C=O) groups is 1. The summed E-state index contributed by atoms with van der Waals surface area (Å²) in [6.45, 7) is 3.66. The minimum atomic E-state index is 0.173. The van der Waals surface area contributed by atoms with Gasteiger partial charge in [-0.05, 0) is 25.0 Å². The number of aromatic amines is 1. The third-order valence-electron chi connectivity index (χ3n) is 5.40. The predicted octanol–water partition coefficient (Wildman–Crippen LogP) is 2.37. The van der Waals surface area contributed by atoms with Crippen molar-refractivity contribution < 1.29 is 9.53 Å². The highest BCUT2D eigenvalue weighted by Crippen LogP contribution is 2.35. The van der Waals surface area contributed by atoms with Gasteiger partial charge in [0.25, 0.3) is 0 Å². The minimum absolute atomic E-state index is 0.173. The predicted molar refractivity (Wildman–Crippen MR) is 106 cm³/mol. The normalized spacial score (nSPS) is 18.1. The lowest BCUT2D eigenvalue weighted by Gasteiger charge is -2.31. The number of piperidine rings is 1. The molecule has 5 heterocycles. The van der Waals surface area contributed by atoms with Crippen LogP contribution >= 0.6 is 0 Å². The van der Waals surface area contributed by atoms with E-state index in [1.165, 1.54) is 0 Å². The third-order valence-corrected chi connectivity index (χ3v) is 5.40. The van der Waals surface area contributed by atoms with E-state index < -0.39 is 0 Å². The quantitative estimate of drug-likeness (QED) is 0.753. The first-order chi connectivity index (χ1) is 13.8. The van der Waals surface area contributed by atoms with Gasteiger partial charge in [0.1, 0.15) is 17.0 Å². The molecule has 0 spiro atoms. The molecule has 28 heavy (non-hydrogen) atoms. The lowest BCUT2D eigenvalue weighted by Crippen LogP contribution is -2.38. The largest absolute Gasteiger partial charge is 0.378 e. The number of fused-ring (bicyclic) bond motifs is 1. The van der Waals surface area contributed by atoms with Gasteiger partial charge in [-0.25, -0.2) is 4.98 Å². The van der Waals surface area contributed by atoms with Gasteiger partial charge in [-0.2, -0.15) is 5.10 Å². The van der Waals surface area contributed by atoms with Gasteiger partial charge < -0.3 is 14.5 Å². The van der Waals surface area contributed by atoms with E-state index in [1.807, 2.05) is 23.1 Å². The van der Waals surface area contributed by atoms with Crippen LogP contribution in [0.4, 0.5) is 11.5 Å². The van der Waals surface area contributed by atoms with Crippen LogP contribution in [0.15, 0.2) is 30.6 Å².